The molecule has 25 heavy (non-hydrogen) atoms. The third kappa shape index (κ3) is 4.15. The predicted octanol–water partition coefficient (Wildman–Crippen LogP) is 3.49. The van der Waals surface area contributed by atoms with Crippen LogP contribution in [0.3, 0.4) is 0 Å². The minimum absolute atomic E-state index is 0.0496. The number of carbonyl (C=O) groups is 2. The Morgan fingerprint density at radius 1 is 1.16 bits per heavy atom. The van der Waals surface area contributed by atoms with Crippen LogP contribution in [0.15, 0.2) is 48.5 Å². The molecular formula is C19H20FN3O2. The van der Waals surface area contributed by atoms with Gasteiger partial charge in [0.25, 0.3) is 0 Å². The van der Waals surface area contributed by atoms with Gasteiger partial charge in [-0.2, -0.15) is 0 Å². The van der Waals surface area contributed by atoms with Crippen molar-refractivity contribution in [2.24, 2.45) is 0 Å². The van der Waals surface area contributed by atoms with Gasteiger partial charge in [-0.25, -0.2) is 9.18 Å². The highest BCUT2D eigenvalue weighted by Crippen LogP contribution is 2.40. The molecule has 0 unspecified atom stereocenters. The van der Waals surface area contributed by atoms with Gasteiger partial charge in [-0.1, -0.05) is 18.2 Å². The fourth-order valence-electron chi connectivity index (χ4n) is 2.74. The SMILES string of the molecule is CC(=O)N(C)c1cccc(NC(=O)N[C@@H]2C[C@H]2c2ccc(F)cc2)c1. The van der Waals surface area contributed by atoms with E-state index in [0.717, 1.165) is 12.0 Å². The largest absolute Gasteiger partial charge is 0.334 e. The number of hydrogen-bond donors (Lipinski definition) is 2. The van der Waals surface area contributed by atoms with Gasteiger partial charge in [0.15, 0.2) is 0 Å². The predicted molar refractivity (Wildman–Crippen MR) is 95.2 cm³/mol. The van der Waals surface area contributed by atoms with Crippen LogP contribution in [0.1, 0.15) is 24.8 Å². The van der Waals surface area contributed by atoms with Crippen LogP contribution < -0.4 is 15.5 Å². The van der Waals surface area contributed by atoms with Crippen LogP contribution in [0.25, 0.3) is 0 Å². The van der Waals surface area contributed by atoms with Crippen LogP contribution >= 0.6 is 0 Å². The van der Waals surface area contributed by atoms with Gasteiger partial charge < -0.3 is 15.5 Å². The Bertz CT molecular complexity index is 792. The van der Waals surface area contributed by atoms with E-state index < -0.39 is 0 Å². The number of benzene rings is 2. The summed E-state index contributed by atoms with van der Waals surface area (Å²) < 4.78 is 13.0. The fraction of sp³-hybridized carbons (Fsp3) is 0.263. The zero-order valence-corrected chi connectivity index (χ0v) is 14.1. The lowest BCUT2D eigenvalue weighted by atomic mass is 10.1. The molecule has 0 heterocycles. The van der Waals surface area contributed by atoms with Crippen molar-refractivity contribution in [3.63, 3.8) is 0 Å². The molecular weight excluding hydrogens is 321 g/mol. The third-order valence-corrected chi connectivity index (χ3v) is 4.37. The highest BCUT2D eigenvalue weighted by atomic mass is 19.1. The highest BCUT2D eigenvalue weighted by molar-refractivity contribution is 5.93. The first kappa shape index (κ1) is 17.0. The van der Waals surface area contributed by atoms with Crippen molar-refractivity contribution in [2.75, 3.05) is 17.3 Å². The van der Waals surface area contributed by atoms with Crippen LogP contribution in [-0.2, 0) is 4.79 Å². The topological polar surface area (TPSA) is 61.4 Å². The Morgan fingerprint density at radius 2 is 1.88 bits per heavy atom. The molecule has 2 aromatic carbocycles. The van der Waals surface area contributed by atoms with Crippen LogP contribution in [0.2, 0.25) is 0 Å². The molecule has 2 N–H and O–H groups in total. The van der Waals surface area contributed by atoms with E-state index in [4.69, 9.17) is 0 Å². The monoisotopic (exact) mass is 341 g/mol. The lowest BCUT2D eigenvalue weighted by Crippen LogP contribution is -2.31. The minimum Gasteiger partial charge on any atom is -0.334 e. The normalized spacial score (nSPS) is 18.4. The number of anilines is 2. The minimum atomic E-state index is -0.294. The maximum atomic E-state index is 13.0. The molecule has 5 nitrogen and oxygen atoms in total. The summed E-state index contributed by atoms with van der Waals surface area (Å²) in [6.45, 7) is 1.48. The van der Waals surface area contributed by atoms with Gasteiger partial charge in [0.1, 0.15) is 5.82 Å². The van der Waals surface area contributed by atoms with Gasteiger partial charge >= 0.3 is 6.03 Å². The average molecular weight is 341 g/mol. The van der Waals surface area contributed by atoms with Crippen LogP contribution in [-0.4, -0.2) is 25.0 Å². The maximum Gasteiger partial charge on any atom is 0.319 e. The van der Waals surface area contributed by atoms with Gasteiger partial charge in [-0.05, 0) is 42.3 Å². The summed E-state index contributed by atoms with van der Waals surface area (Å²) in [5.74, 6) is -0.120. The molecule has 1 saturated carbocycles. The molecule has 0 spiro atoms. The lowest BCUT2D eigenvalue weighted by molar-refractivity contribution is -0.116. The van der Waals surface area contributed by atoms with Crippen LogP contribution in [0.4, 0.5) is 20.6 Å². The Balaban J connectivity index is 1.56. The zero-order chi connectivity index (χ0) is 18.0. The summed E-state index contributed by atoms with van der Waals surface area (Å²) >= 11 is 0. The van der Waals surface area contributed by atoms with Crippen molar-refractivity contribution in [1.82, 2.24) is 5.32 Å². The smallest absolute Gasteiger partial charge is 0.319 e. The van der Waals surface area contributed by atoms with Gasteiger partial charge in [0.2, 0.25) is 5.91 Å². The van der Waals surface area contributed by atoms with E-state index in [-0.39, 0.29) is 29.7 Å². The molecule has 6 heteroatoms. The van der Waals surface area contributed by atoms with E-state index in [2.05, 4.69) is 10.6 Å². The molecule has 0 bridgehead atoms. The number of halogens is 1. The number of carbonyl (C=O) groups excluding carboxylic acids is 2. The van der Waals surface area contributed by atoms with E-state index in [1.165, 1.54) is 24.0 Å². The summed E-state index contributed by atoms with van der Waals surface area (Å²) in [7, 11) is 1.68. The second-order valence-corrected chi connectivity index (χ2v) is 6.23. The quantitative estimate of drug-likeness (QED) is 0.894. The molecule has 0 aliphatic heterocycles. The third-order valence-electron chi connectivity index (χ3n) is 4.37. The first-order valence-electron chi connectivity index (χ1n) is 8.11. The van der Waals surface area contributed by atoms with Gasteiger partial charge in [0.05, 0.1) is 0 Å². The van der Waals surface area contributed by atoms with Crippen molar-refractivity contribution >= 4 is 23.3 Å². The summed E-state index contributed by atoms with van der Waals surface area (Å²) in [5, 5.41) is 5.69. The Hall–Kier alpha value is -2.89. The number of rotatable bonds is 4. The molecule has 2 aromatic rings. The maximum absolute atomic E-state index is 13.0. The van der Waals surface area contributed by atoms with Gasteiger partial charge in [-0.3, -0.25) is 4.79 Å². The first-order chi connectivity index (χ1) is 11.9. The molecule has 3 amide bonds. The number of nitrogens with zero attached hydrogens (tertiary/aromatic N) is 1. The number of amides is 3. The Labute approximate surface area is 145 Å². The molecule has 1 aliphatic rings. The second kappa shape index (κ2) is 6.93. The molecule has 2 atom stereocenters. The van der Waals surface area contributed by atoms with Crippen molar-refractivity contribution in [1.29, 1.82) is 0 Å². The van der Waals surface area contributed by atoms with E-state index in [1.807, 2.05) is 0 Å². The number of nitrogens with one attached hydrogen (secondary N) is 2. The molecule has 1 fully saturated rings. The zero-order valence-electron chi connectivity index (χ0n) is 14.1. The van der Waals surface area contributed by atoms with E-state index in [0.29, 0.717) is 11.4 Å². The lowest BCUT2D eigenvalue weighted by Gasteiger charge is -2.16. The van der Waals surface area contributed by atoms with Crippen molar-refractivity contribution < 1.29 is 14.0 Å². The average Bonchev–Trinajstić information content (AvgIpc) is 3.33. The second-order valence-electron chi connectivity index (χ2n) is 6.23. The summed E-state index contributed by atoms with van der Waals surface area (Å²) in [5.41, 5.74) is 2.35. The molecule has 130 valence electrons. The Morgan fingerprint density at radius 3 is 2.56 bits per heavy atom. The number of hydrogen-bond acceptors (Lipinski definition) is 2. The van der Waals surface area contributed by atoms with Crippen molar-refractivity contribution in [3.8, 4) is 0 Å². The molecule has 3 rings (SSSR count). The Kier molecular flexibility index (Phi) is 4.70. The number of urea groups is 1. The van der Waals surface area contributed by atoms with Crippen LogP contribution in [0, 0.1) is 5.82 Å². The van der Waals surface area contributed by atoms with Gasteiger partial charge in [0, 0.05) is 37.3 Å². The standard InChI is InChI=1S/C19H20FN3O2/c1-12(24)23(2)16-5-3-4-15(10-16)21-19(25)22-18-11-17(18)13-6-8-14(20)9-7-13/h3-10,17-18H,11H2,1-2H3,(H2,21,22,25)/t17-,18+/m0/s1. The summed E-state index contributed by atoms with van der Waals surface area (Å²) in [6.07, 6.45) is 0.839. The highest BCUT2D eigenvalue weighted by Gasteiger charge is 2.39. The first-order valence-corrected chi connectivity index (χ1v) is 8.11. The molecule has 0 saturated heterocycles. The van der Waals surface area contributed by atoms with Crippen LogP contribution in [0.5, 0.6) is 0 Å². The van der Waals surface area contributed by atoms with Gasteiger partial charge in [-0.15, -0.1) is 0 Å². The fourth-order valence-corrected chi connectivity index (χ4v) is 2.74. The van der Waals surface area contributed by atoms with Crippen molar-refractivity contribution in [2.45, 2.75) is 25.3 Å². The van der Waals surface area contributed by atoms with E-state index >= 15 is 0 Å². The summed E-state index contributed by atoms with van der Waals surface area (Å²) in [6, 6.07) is 13.2. The molecule has 0 aromatic heterocycles. The van der Waals surface area contributed by atoms with E-state index in [1.54, 1.807) is 43.4 Å². The molecule has 1 aliphatic carbocycles. The summed E-state index contributed by atoms with van der Waals surface area (Å²) in [4.78, 5) is 25.1. The molecule has 0 radical (unpaired) electrons. The van der Waals surface area contributed by atoms with E-state index in [9.17, 15) is 14.0 Å². The van der Waals surface area contributed by atoms with Crippen molar-refractivity contribution in [3.05, 3.63) is 59.9 Å².